The molecule has 1 saturated heterocycles. The van der Waals surface area contributed by atoms with E-state index in [9.17, 15) is 4.79 Å². The Bertz CT molecular complexity index is 1650. The molecule has 204 valence electrons. The molecule has 1 aromatic carbocycles. The largest absolute Gasteiger partial charge is 0.491 e. The molecule has 1 aliphatic heterocycles. The molecule has 1 fully saturated rings. The maximum Gasteiger partial charge on any atom is 0.330 e. The minimum absolute atomic E-state index is 0.157. The van der Waals surface area contributed by atoms with E-state index >= 15 is 0 Å². The molecule has 0 amide bonds. The van der Waals surface area contributed by atoms with Crippen molar-refractivity contribution in [3.05, 3.63) is 53.1 Å². The number of furan rings is 1. The number of fused-ring (bicyclic) bond motifs is 3. The summed E-state index contributed by atoms with van der Waals surface area (Å²) in [6.07, 6.45) is 1.56. The van der Waals surface area contributed by atoms with Crippen LogP contribution in [0.5, 0.6) is 5.75 Å². The van der Waals surface area contributed by atoms with Gasteiger partial charge in [-0.05, 0) is 24.3 Å². The van der Waals surface area contributed by atoms with Gasteiger partial charge in [0, 0.05) is 65.2 Å². The fraction of sp³-hybridized carbons (Fsp3) is 0.385. The molecule has 6 rings (SSSR count). The lowest BCUT2D eigenvalue weighted by Gasteiger charge is -2.36. The van der Waals surface area contributed by atoms with Crippen molar-refractivity contribution in [3.8, 4) is 17.3 Å². The van der Waals surface area contributed by atoms with Gasteiger partial charge in [-0.1, -0.05) is 6.07 Å². The van der Waals surface area contributed by atoms with Crippen LogP contribution in [0.25, 0.3) is 28.4 Å². The summed E-state index contributed by atoms with van der Waals surface area (Å²) in [7, 11) is 3.38. The first-order valence-electron chi connectivity index (χ1n) is 12.9. The summed E-state index contributed by atoms with van der Waals surface area (Å²) in [6.45, 7) is 5.80. The summed E-state index contributed by atoms with van der Waals surface area (Å²) < 4.78 is 20.9. The van der Waals surface area contributed by atoms with Crippen molar-refractivity contribution in [1.29, 1.82) is 0 Å². The Balaban J connectivity index is 1.16. The lowest BCUT2D eigenvalue weighted by Crippen LogP contribution is -2.47. The summed E-state index contributed by atoms with van der Waals surface area (Å²) in [5, 5.41) is 4.43. The second-order valence-electron chi connectivity index (χ2n) is 9.45. The van der Waals surface area contributed by atoms with Crippen molar-refractivity contribution in [2.45, 2.75) is 6.54 Å². The number of imidazole rings is 1. The lowest BCUT2D eigenvalue weighted by atomic mass is 10.2. The van der Waals surface area contributed by atoms with Crippen molar-refractivity contribution >= 4 is 28.4 Å². The predicted molar refractivity (Wildman–Crippen MR) is 146 cm³/mol. The van der Waals surface area contributed by atoms with Gasteiger partial charge < -0.3 is 24.5 Å². The van der Waals surface area contributed by atoms with E-state index in [2.05, 4.69) is 37.0 Å². The van der Waals surface area contributed by atoms with Crippen molar-refractivity contribution in [1.82, 2.24) is 33.6 Å². The average molecular weight is 534 g/mol. The second-order valence-corrected chi connectivity index (χ2v) is 9.45. The van der Waals surface area contributed by atoms with Gasteiger partial charge in [-0.3, -0.25) is 14.0 Å². The van der Waals surface area contributed by atoms with Crippen LogP contribution < -0.4 is 21.1 Å². The zero-order valence-corrected chi connectivity index (χ0v) is 22.0. The van der Waals surface area contributed by atoms with E-state index in [0.717, 1.165) is 37.6 Å². The minimum atomic E-state index is -0.170. The van der Waals surface area contributed by atoms with Gasteiger partial charge in [0.1, 0.15) is 17.9 Å². The normalized spacial score (nSPS) is 14.6. The lowest BCUT2D eigenvalue weighted by molar-refractivity contribution is 0.146. The fourth-order valence-electron chi connectivity index (χ4n) is 4.99. The van der Waals surface area contributed by atoms with Crippen molar-refractivity contribution < 1.29 is 13.9 Å². The minimum Gasteiger partial charge on any atom is -0.491 e. The molecular weight excluding hydrogens is 502 g/mol. The molecule has 0 aliphatic carbocycles. The second kappa shape index (κ2) is 10.4. The molecule has 5 aromatic rings. The number of methoxy groups -OCH3 is 1. The molecule has 2 N–H and O–H groups in total. The van der Waals surface area contributed by atoms with Crippen LogP contribution in [-0.4, -0.2) is 86.7 Å². The first-order chi connectivity index (χ1) is 19.0. The number of aromatic nitrogens is 6. The molecular formula is C26H31N9O4. The summed E-state index contributed by atoms with van der Waals surface area (Å²) in [4.78, 5) is 27.1. The average Bonchev–Trinajstić information content (AvgIpc) is 3.68. The monoisotopic (exact) mass is 533 g/mol. The topological polar surface area (TPSA) is 134 Å². The number of ether oxygens (including phenoxy) is 2. The highest BCUT2D eigenvalue weighted by molar-refractivity contribution is 5.88. The zero-order chi connectivity index (χ0) is 26.9. The number of anilines is 2. The number of hydrogen-bond acceptors (Lipinski definition) is 10. The third-order valence-electron chi connectivity index (χ3n) is 7.07. The molecule has 4 aromatic heterocycles. The number of rotatable bonds is 9. The number of nitrogens with zero attached hydrogens (tertiary/aromatic N) is 8. The standard InChI is InChI=1S/C26H31N9O4/c1-31-21-23(29-25(27)35-24(21)28-22(30-35)20-7-4-14-39-20)34(26(31)36)13-10-32-8-11-33(12-9-32)18-5-3-6-19(17-18)38-16-15-37-2/h3-7,14,17H,8-13,15-16H2,1-2H3,(H2,27,29). The maximum atomic E-state index is 13.2. The highest BCUT2D eigenvalue weighted by atomic mass is 16.5. The van der Waals surface area contributed by atoms with Gasteiger partial charge in [0.25, 0.3) is 0 Å². The summed E-state index contributed by atoms with van der Waals surface area (Å²) in [6, 6.07) is 11.7. The van der Waals surface area contributed by atoms with Gasteiger partial charge in [-0.25, -0.2) is 9.78 Å². The maximum absolute atomic E-state index is 13.2. The molecule has 0 bridgehead atoms. The first kappa shape index (κ1) is 24.9. The van der Waals surface area contributed by atoms with Crippen LogP contribution in [0, 0.1) is 0 Å². The Morgan fingerprint density at radius 3 is 2.64 bits per heavy atom. The molecule has 13 nitrogen and oxygen atoms in total. The molecule has 0 radical (unpaired) electrons. The number of hydrogen-bond donors (Lipinski definition) is 1. The number of piperazine rings is 1. The van der Waals surface area contributed by atoms with Crippen LogP contribution >= 0.6 is 0 Å². The number of aryl methyl sites for hydroxylation is 1. The van der Waals surface area contributed by atoms with Gasteiger partial charge in [0.2, 0.25) is 11.8 Å². The first-order valence-corrected chi connectivity index (χ1v) is 12.9. The van der Waals surface area contributed by atoms with E-state index in [1.54, 1.807) is 41.7 Å². The van der Waals surface area contributed by atoms with Crippen molar-refractivity contribution in [2.75, 3.05) is 63.7 Å². The Labute approximate surface area is 224 Å². The Hall–Kier alpha value is -4.36. The molecule has 5 heterocycles. The Morgan fingerprint density at radius 1 is 1.03 bits per heavy atom. The van der Waals surface area contributed by atoms with E-state index in [1.165, 1.54) is 4.52 Å². The quantitative estimate of drug-likeness (QED) is 0.278. The van der Waals surface area contributed by atoms with Gasteiger partial charge in [-0.2, -0.15) is 9.50 Å². The van der Waals surface area contributed by atoms with Crippen LogP contribution in [0.1, 0.15) is 0 Å². The van der Waals surface area contributed by atoms with Crippen molar-refractivity contribution in [3.63, 3.8) is 0 Å². The van der Waals surface area contributed by atoms with Crippen LogP contribution in [0.4, 0.5) is 11.6 Å². The number of nitrogen functional groups attached to an aromatic ring is 1. The third-order valence-corrected chi connectivity index (χ3v) is 7.07. The molecule has 0 atom stereocenters. The Kier molecular flexibility index (Phi) is 6.67. The van der Waals surface area contributed by atoms with Crippen LogP contribution in [0.2, 0.25) is 0 Å². The summed E-state index contributed by atoms with van der Waals surface area (Å²) in [5.74, 6) is 1.89. The van der Waals surface area contributed by atoms with Crippen molar-refractivity contribution in [2.24, 2.45) is 7.05 Å². The number of benzene rings is 1. The molecule has 0 spiro atoms. The molecule has 0 saturated carbocycles. The van der Waals surface area contributed by atoms with Gasteiger partial charge >= 0.3 is 5.69 Å². The molecule has 39 heavy (non-hydrogen) atoms. The van der Waals surface area contributed by atoms with E-state index in [1.807, 2.05) is 12.1 Å². The predicted octanol–water partition coefficient (Wildman–Crippen LogP) is 1.47. The van der Waals surface area contributed by atoms with Gasteiger partial charge in [-0.15, -0.1) is 5.10 Å². The smallest absolute Gasteiger partial charge is 0.330 e. The highest BCUT2D eigenvalue weighted by Gasteiger charge is 2.23. The highest BCUT2D eigenvalue weighted by Crippen LogP contribution is 2.24. The summed E-state index contributed by atoms with van der Waals surface area (Å²) in [5.41, 5.74) is 8.74. The van der Waals surface area contributed by atoms with E-state index < -0.39 is 0 Å². The van der Waals surface area contributed by atoms with E-state index in [4.69, 9.17) is 19.6 Å². The molecule has 1 aliphatic rings. The van der Waals surface area contributed by atoms with Crippen LogP contribution in [-0.2, 0) is 18.3 Å². The third kappa shape index (κ3) is 4.70. The summed E-state index contributed by atoms with van der Waals surface area (Å²) >= 11 is 0. The number of nitrogens with two attached hydrogens (primary N) is 1. The Morgan fingerprint density at radius 2 is 1.87 bits per heavy atom. The SMILES string of the molecule is COCCOc1cccc(N2CCN(CCn3c(=O)n(C)c4c3nc(N)n3nc(-c5ccco5)nc43)CC2)c1. The molecule has 0 unspecified atom stereocenters. The van der Waals surface area contributed by atoms with Crippen LogP contribution in [0.3, 0.4) is 0 Å². The molecule has 13 heteroatoms. The van der Waals surface area contributed by atoms with Crippen LogP contribution in [0.15, 0.2) is 51.9 Å². The van der Waals surface area contributed by atoms with E-state index in [-0.39, 0.29) is 11.6 Å². The fourth-order valence-corrected chi connectivity index (χ4v) is 4.99. The van der Waals surface area contributed by atoms with Gasteiger partial charge in [0.15, 0.2) is 17.1 Å². The van der Waals surface area contributed by atoms with E-state index in [0.29, 0.717) is 54.7 Å². The zero-order valence-electron chi connectivity index (χ0n) is 22.0. The van der Waals surface area contributed by atoms with Gasteiger partial charge in [0.05, 0.1) is 12.9 Å².